The fourth-order valence-corrected chi connectivity index (χ4v) is 1.72. The van der Waals surface area contributed by atoms with E-state index in [9.17, 15) is 0 Å². The molecule has 3 heteroatoms. The Bertz CT molecular complexity index is 293. The van der Waals surface area contributed by atoms with Crippen molar-refractivity contribution in [1.82, 2.24) is 9.97 Å². The SMILES string of the molecule is Cc1cnc(NCCCCCCC(C)C)nc1. The van der Waals surface area contributed by atoms with E-state index in [1.54, 1.807) is 0 Å². The number of hydrogen-bond acceptors (Lipinski definition) is 3. The topological polar surface area (TPSA) is 37.8 Å². The van der Waals surface area contributed by atoms with Crippen LogP contribution in [0.2, 0.25) is 0 Å². The standard InChI is InChI=1S/C14H25N3/c1-12(2)8-6-4-5-7-9-15-14-16-10-13(3)11-17-14/h10-12H,4-9H2,1-3H3,(H,15,16,17). The molecule has 0 radical (unpaired) electrons. The lowest BCUT2D eigenvalue weighted by molar-refractivity contribution is 0.523. The minimum atomic E-state index is 0.748. The van der Waals surface area contributed by atoms with Crippen molar-refractivity contribution in [3.8, 4) is 0 Å². The van der Waals surface area contributed by atoms with Crippen LogP contribution in [-0.2, 0) is 0 Å². The van der Waals surface area contributed by atoms with Crippen molar-refractivity contribution in [2.75, 3.05) is 11.9 Å². The molecule has 1 heterocycles. The summed E-state index contributed by atoms with van der Waals surface area (Å²) in [5.74, 6) is 1.59. The molecular weight excluding hydrogens is 210 g/mol. The first-order chi connectivity index (χ1) is 8.18. The first-order valence-electron chi connectivity index (χ1n) is 6.71. The highest BCUT2D eigenvalue weighted by Gasteiger charge is 1.96. The molecule has 0 fully saturated rings. The quantitative estimate of drug-likeness (QED) is 0.696. The lowest BCUT2D eigenvalue weighted by Gasteiger charge is -2.05. The van der Waals surface area contributed by atoms with Crippen molar-refractivity contribution in [2.45, 2.75) is 52.9 Å². The summed E-state index contributed by atoms with van der Waals surface area (Å²) in [5, 5.41) is 3.25. The fourth-order valence-electron chi connectivity index (χ4n) is 1.72. The Morgan fingerprint density at radius 3 is 2.35 bits per heavy atom. The van der Waals surface area contributed by atoms with Crippen molar-refractivity contribution in [3.05, 3.63) is 18.0 Å². The molecule has 1 N–H and O–H groups in total. The van der Waals surface area contributed by atoms with Crippen LogP contribution in [0.25, 0.3) is 0 Å². The molecule has 3 nitrogen and oxygen atoms in total. The van der Waals surface area contributed by atoms with Gasteiger partial charge in [0.15, 0.2) is 0 Å². The van der Waals surface area contributed by atoms with Gasteiger partial charge in [-0.15, -0.1) is 0 Å². The summed E-state index contributed by atoms with van der Waals surface area (Å²) in [5.41, 5.74) is 1.10. The van der Waals surface area contributed by atoms with Gasteiger partial charge in [0.1, 0.15) is 0 Å². The number of aromatic nitrogens is 2. The van der Waals surface area contributed by atoms with Gasteiger partial charge in [0, 0.05) is 18.9 Å². The molecule has 0 saturated heterocycles. The molecule has 1 aromatic rings. The molecule has 0 aromatic carbocycles. The van der Waals surface area contributed by atoms with E-state index in [1.807, 2.05) is 19.3 Å². The van der Waals surface area contributed by atoms with Crippen LogP contribution in [0, 0.1) is 12.8 Å². The fraction of sp³-hybridized carbons (Fsp3) is 0.714. The number of unbranched alkanes of at least 4 members (excludes halogenated alkanes) is 3. The zero-order valence-corrected chi connectivity index (χ0v) is 11.4. The molecule has 0 unspecified atom stereocenters. The summed E-state index contributed by atoms with van der Waals surface area (Å²) in [4.78, 5) is 8.43. The van der Waals surface area contributed by atoms with Gasteiger partial charge in [0.25, 0.3) is 0 Å². The maximum Gasteiger partial charge on any atom is 0.222 e. The molecule has 0 aliphatic rings. The molecule has 0 saturated carbocycles. The Labute approximate surface area is 105 Å². The van der Waals surface area contributed by atoms with Crippen LogP contribution in [0.5, 0.6) is 0 Å². The van der Waals surface area contributed by atoms with Crippen molar-refractivity contribution < 1.29 is 0 Å². The third-order valence-electron chi connectivity index (χ3n) is 2.77. The van der Waals surface area contributed by atoms with E-state index in [0.29, 0.717) is 0 Å². The van der Waals surface area contributed by atoms with E-state index in [0.717, 1.165) is 24.0 Å². The van der Waals surface area contributed by atoms with Gasteiger partial charge >= 0.3 is 0 Å². The summed E-state index contributed by atoms with van der Waals surface area (Å²) >= 11 is 0. The number of nitrogens with one attached hydrogen (secondary N) is 1. The molecule has 1 rings (SSSR count). The molecule has 0 amide bonds. The minimum absolute atomic E-state index is 0.748. The van der Waals surface area contributed by atoms with Crippen LogP contribution in [0.4, 0.5) is 5.95 Å². The maximum atomic E-state index is 4.21. The highest BCUT2D eigenvalue weighted by Crippen LogP contribution is 2.09. The Kier molecular flexibility index (Phi) is 6.60. The molecule has 0 aliphatic carbocycles. The second-order valence-corrected chi connectivity index (χ2v) is 5.11. The van der Waals surface area contributed by atoms with Gasteiger partial charge in [-0.25, -0.2) is 9.97 Å². The third-order valence-corrected chi connectivity index (χ3v) is 2.77. The highest BCUT2D eigenvalue weighted by molar-refractivity contribution is 5.23. The predicted molar refractivity (Wildman–Crippen MR) is 73.2 cm³/mol. The average molecular weight is 235 g/mol. The predicted octanol–water partition coefficient (Wildman–Crippen LogP) is 3.80. The van der Waals surface area contributed by atoms with E-state index >= 15 is 0 Å². The number of rotatable bonds is 8. The molecule has 0 spiro atoms. The van der Waals surface area contributed by atoms with Gasteiger partial charge in [-0.3, -0.25) is 0 Å². The van der Waals surface area contributed by atoms with Crippen LogP contribution >= 0.6 is 0 Å². The van der Waals surface area contributed by atoms with Gasteiger partial charge in [0.05, 0.1) is 0 Å². The van der Waals surface area contributed by atoms with Crippen molar-refractivity contribution in [3.63, 3.8) is 0 Å². The van der Waals surface area contributed by atoms with Gasteiger partial charge in [-0.05, 0) is 24.8 Å². The zero-order valence-electron chi connectivity index (χ0n) is 11.4. The molecule has 0 aliphatic heterocycles. The second-order valence-electron chi connectivity index (χ2n) is 5.11. The number of hydrogen-bond donors (Lipinski definition) is 1. The van der Waals surface area contributed by atoms with Gasteiger partial charge in [-0.1, -0.05) is 39.5 Å². The maximum absolute atomic E-state index is 4.21. The molecule has 0 bridgehead atoms. The van der Waals surface area contributed by atoms with Crippen LogP contribution < -0.4 is 5.32 Å². The molecule has 96 valence electrons. The van der Waals surface area contributed by atoms with Crippen LogP contribution in [-0.4, -0.2) is 16.5 Å². The van der Waals surface area contributed by atoms with Crippen molar-refractivity contribution >= 4 is 5.95 Å². The summed E-state index contributed by atoms with van der Waals surface area (Å²) in [7, 11) is 0. The number of aryl methyl sites for hydroxylation is 1. The van der Waals surface area contributed by atoms with E-state index < -0.39 is 0 Å². The normalized spacial score (nSPS) is 10.8. The number of anilines is 1. The smallest absolute Gasteiger partial charge is 0.222 e. The first-order valence-corrected chi connectivity index (χ1v) is 6.71. The van der Waals surface area contributed by atoms with Crippen LogP contribution in [0.1, 0.15) is 51.5 Å². The summed E-state index contributed by atoms with van der Waals surface area (Å²) in [6.07, 6.45) is 10.2. The largest absolute Gasteiger partial charge is 0.354 e. The zero-order chi connectivity index (χ0) is 12.5. The third kappa shape index (κ3) is 6.93. The van der Waals surface area contributed by atoms with Crippen LogP contribution in [0.15, 0.2) is 12.4 Å². The van der Waals surface area contributed by atoms with E-state index in [-0.39, 0.29) is 0 Å². The van der Waals surface area contributed by atoms with E-state index in [2.05, 4.69) is 29.1 Å². The summed E-state index contributed by atoms with van der Waals surface area (Å²) in [6.45, 7) is 7.55. The van der Waals surface area contributed by atoms with Gasteiger partial charge in [0.2, 0.25) is 5.95 Å². The molecular formula is C14H25N3. The van der Waals surface area contributed by atoms with Gasteiger partial charge < -0.3 is 5.32 Å². The monoisotopic (exact) mass is 235 g/mol. The summed E-state index contributed by atoms with van der Waals surface area (Å²) < 4.78 is 0. The van der Waals surface area contributed by atoms with Crippen molar-refractivity contribution in [2.24, 2.45) is 5.92 Å². The van der Waals surface area contributed by atoms with Crippen molar-refractivity contribution in [1.29, 1.82) is 0 Å². The Hall–Kier alpha value is -1.12. The van der Waals surface area contributed by atoms with Crippen LogP contribution in [0.3, 0.4) is 0 Å². The van der Waals surface area contributed by atoms with E-state index in [1.165, 1.54) is 32.1 Å². The highest BCUT2D eigenvalue weighted by atomic mass is 15.1. The summed E-state index contributed by atoms with van der Waals surface area (Å²) in [6, 6.07) is 0. The number of nitrogens with zero attached hydrogens (tertiary/aromatic N) is 2. The molecule has 0 atom stereocenters. The Balaban J connectivity index is 1.99. The first kappa shape index (κ1) is 13.9. The molecule has 17 heavy (non-hydrogen) atoms. The second kappa shape index (κ2) is 8.04. The minimum Gasteiger partial charge on any atom is -0.354 e. The van der Waals surface area contributed by atoms with E-state index in [4.69, 9.17) is 0 Å². The van der Waals surface area contributed by atoms with Gasteiger partial charge in [-0.2, -0.15) is 0 Å². The Morgan fingerprint density at radius 2 is 1.71 bits per heavy atom. The Morgan fingerprint density at radius 1 is 1.06 bits per heavy atom. The average Bonchev–Trinajstić information content (AvgIpc) is 2.30. The lowest BCUT2D eigenvalue weighted by Crippen LogP contribution is -2.05. The molecule has 1 aromatic heterocycles. The lowest BCUT2D eigenvalue weighted by atomic mass is 10.0.